The first-order valence-electron chi connectivity index (χ1n) is 12.8. The van der Waals surface area contributed by atoms with Gasteiger partial charge in [0.15, 0.2) is 0 Å². The minimum atomic E-state index is -0.0937. The van der Waals surface area contributed by atoms with E-state index in [0.29, 0.717) is 22.8 Å². The lowest BCUT2D eigenvalue weighted by atomic mass is 9.47. The van der Waals surface area contributed by atoms with Gasteiger partial charge in [0.05, 0.1) is 6.10 Å². The summed E-state index contributed by atoms with van der Waals surface area (Å²) in [6.07, 6.45) is 14.9. The SMILES string of the molecule is CC(C)CC[C@@H](N)[C@@H](C)[C@H]1CC[C@H]2[C@@H]3CC=C4C[C@@H](O)CC[C@]4(C)[C@H]3CC[C@]12C. The normalized spacial score (nSPS) is 46.5. The molecule has 3 saturated carbocycles. The second-order valence-corrected chi connectivity index (χ2v) is 12.4. The third-order valence-electron chi connectivity index (χ3n) is 10.5. The molecule has 3 fully saturated rings. The summed E-state index contributed by atoms with van der Waals surface area (Å²) in [5.74, 6) is 4.80. The van der Waals surface area contributed by atoms with Crippen LogP contribution in [0, 0.1) is 46.3 Å². The highest BCUT2D eigenvalue weighted by atomic mass is 16.3. The van der Waals surface area contributed by atoms with Gasteiger partial charge >= 0.3 is 0 Å². The Hall–Kier alpha value is -0.340. The van der Waals surface area contributed by atoms with Crippen molar-refractivity contribution in [3.63, 3.8) is 0 Å². The first-order chi connectivity index (χ1) is 13.7. The van der Waals surface area contributed by atoms with E-state index < -0.39 is 0 Å². The number of hydrogen-bond donors (Lipinski definition) is 2. The Morgan fingerprint density at radius 1 is 1.03 bits per heavy atom. The summed E-state index contributed by atoms with van der Waals surface area (Å²) in [4.78, 5) is 0. The van der Waals surface area contributed by atoms with E-state index in [9.17, 15) is 5.11 Å². The first kappa shape index (κ1) is 21.9. The molecule has 0 aromatic rings. The molecule has 0 bridgehead atoms. The zero-order valence-corrected chi connectivity index (χ0v) is 19.8. The molecule has 4 rings (SSSR count). The number of aliphatic hydroxyl groups is 1. The van der Waals surface area contributed by atoms with E-state index in [4.69, 9.17) is 5.73 Å². The predicted octanol–water partition coefficient (Wildman–Crippen LogP) is 6.33. The van der Waals surface area contributed by atoms with Gasteiger partial charge in [-0.15, -0.1) is 0 Å². The fourth-order valence-electron chi connectivity index (χ4n) is 8.63. The molecule has 29 heavy (non-hydrogen) atoms. The Labute approximate surface area is 180 Å². The molecule has 2 nitrogen and oxygen atoms in total. The molecule has 0 unspecified atom stereocenters. The van der Waals surface area contributed by atoms with Crippen LogP contribution in [-0.2, 0) is 0 Å². The number of aliphatic hydroxyl groups excluding tert-OH is 1. The zero-order chi connectivity index (χ0) is 21.0. The van der Waals surface area contributed by atoms with E-state index >= 15 is 0 Å². The monoisotopic (exact) mass is 401 g/mol. The third-order valence-corrected chi connectivity index (χ3v) is 10.5. The smallest absolute Gasteiger partial charge is 0.0577 e. The Bertz CT molecular complexity index is 626. The van der Waals surface area contributed by atoms with Crippen LogP contribution in [-0.4, -0.2) is 17.3 Å². The number of nitrogens with two attached hydrogens (primary N) is 1. The summed E-state index contributed by atoms with van der Waals surface area (Å²) < 4.78 is 0. The standard InChI is InChI=1S/C27H47NO/c1-17(2)6-11-25(28)18(3)22-9-10-23-21-8-7-19-16-20(29)12-14-26(19,4)24(21)13-15-27(22,23)5/h7,17-18,20-25,29H,6,8-16,28H2,1-5H3/t18-,20-,21-,22+,23-,24-,25+,26-,27+/m0/s1. The Morgan fingerprint density at radius 2 is 1.79 bits per heavy atom. The molecule has 0 radical (unpaired) electrons. The van der Waals surface area contributed by atoms with Crippen molar-refractivity contribution < 1.29 is 5.11 Å². The summed E-state index contributed by atoms with van der Waals surface area (Å²) in [6, 6.07) is 0.367. The van der Waals surface area contributed by atoms with Gasteiger partial charge in [-0.05, 0) is 111 Å². The third kappa shape index (κ3) is 3.65. The Kier molecular flexibility index (Phi) is 6.01. The van der Waals surface area contributed by atoms with E-state index in [0.717, 1.165) is 42.4 Å². The van der Waals surface area contributed by atoms with Crippen LogP contribution in [0.25, 0.3) is 0 Å². The lowest BCUT2D eigenvalue weighted by Gasteiger charge is -2.58. The van der Waals surface area contributed by atoms with E-state index in [2.05, 4.69) is 40.7 Å². The van der Waals surface area contributed by atoms with Crippen molar-refractivity contribution in [3.8, 4) is 0 Å². The van der Waals surface area contributed by atoms with Crippen LogP contribution in [0.1, 0.15) is 98.8 Å². The number of rotatable bonds is 5. The van der Waals surface area contributed by atoms with Crippen LogP contribution >= 0.6 is 0 Å². The molecule has 4 aliphatic rings. The van der Waals surface area contributed by atoms with Crippen LogP contribution in [0.5, 0.6) is 0 Å². The molecule has 3 N–H and O–H groups in total. The van der Waals surface area contributed by atoms with Crippen molar-refractivity contribution in [1.29, 1.82) is 0 Å². The highest BCUT2D eigenvalue weighted by Crippen LogP contribution is 2.67. The van der Waals surface area contributed by atoms with Gasteiger partial charge in [0.1, 0.15) is 0 Å². The molecule has 9 atom stereocenters. The molecule has 2 heteroatoms. The van der Waals surface area contributed by atoms with Gasteiger partial charge in [-0.3, -0.25) is 0 Å². The first-order valence-corrected chi connectivity index (χ1v) is 12.8. The van der Waals surface area contributed by atoms with Gasteiger partial charge in [-0.25, -0.2) is 0 Å². The maximum Gasteiger partial charge on any atom is 0.0577 e. The van der Waals surface area contributed by atoms with Crippen molar-refractivity contribution in [1.82, 2.24) is 0 Å². The molecule has 0 aromatic heterocycles. The minimum Gasteiger partial charge on any atom is -0.393 e. The average molecular weight is 402 g/mol. The number of allylic oxidation sites excluding steroid dienone is 1. The number of hydrogen-bond acceptors (Lipinski definition) is 2. The zero-order valence-electron chi connectivity index (χ0n) is 19.8. The van der Waals surface area contributed by atoms with Gasteiger partial charge in [0, 0.05) is 6.04 Å². The van der Waals surface area contributed by atoms with Crippen molar-refractivity contribution >= 4 is 0 Å². The maximum absolute atomic E-state index is 10.2. The maximum atomic E-state index is 10.2. The second kappa shape index (κ2) is 7.97. The van der Waals surface area contributed by atoms with Gasteiger partial charge in [-0.2, -0.15) is 0 Å². The van der Waals surface area contributed by atoms with Gasteiger partial charge in [0.2, 0.25) is 0 Å². The van der Waals surface area contributed by atoms with E-state index in [-0.39, 0.29) is 6.10 Å². The summed E-state index contributed by atoms with van der Waals surface area (Å²) >= 11 is 0. The quantitative estimate of drug-likeness (QED) is 0.529. The van der Waals surface area contributed by atoms with Crippen molar-refractivity contribution in [2.24, 2.45) is 52.1 Å². The van der Waals surface area contributed by atoms with E-state index in [1.54, 1.807) is 5.57 Å². The van der Waals surface area contributed by atoms with Crippen molar-refractivity contribution in [2.45, 2.75) is 111 Å². The summed E-state index contributed by atoms with van der Waals surface area (Å²) in [5.41, 5.74) is 9.20. The Morgan fingerprint density at radius 3 is 2.52 bits per heavy atom. The van der Waals surface area contributed by atoms with E-state index in [1.807, 2.05) is 0 Å². The lowest BCUT2D eigenvalue weighted by molar-refractivity contribution is -0.0584. The Balaban J connectivity index is 1.51. The molecule has 166 valence electrons. The summed E-state index contributed by atoms with van der Waals surface area (Å²) in [7, 11) is 0. The van der Waals surface area contributed by atoms with Crippen molar-refractivity contribution in [3.05, 3.63) is 11.6 Å². The van der Waals surface area contributed by atoms with Crippen molar-refractivity contribution in [2.75, 3.05) is 0 Å². The molecular formula is C27H47NO. The molecule has 0 heterocycles. The molecule has 0 saturated heterocycles. The number of fused-ring (bicyclic) bond motifs is 5. The minimum absolute atomic E-state index is 0.0937. The van der Waals surface area contributed by atoms with Crippen LogP contribution in [0.4, 0.5) is 0 Å². The van der Waals surface area contributed by atoms with Gasteiger partial charge < -0.3 is 10.8 Å². The fourth-order valence-corrected chi connectivity index (χ4v) is 8.63. The summed E-state index contributed by atoms with van der Waals surface area (Å²) in [6.45, 7) is 12.3. The van der Waals surface area contributed by atoms with Crippen LogP contribution < -0.4 is 5.73 Å². The van der Waals surface area contributed by atoms with E-state index in [1.165, 1.54) is 51.4 Å². The highest BCUT2D eigenvalue weighted by molar-refractivity contribution is 5.25. The predicted molar refractivity (Wildman–Crippen MR) is 122 cm³/mol. The van der Waals surface area contributed by atoms with Gasteiger partial charge in [0.25, 0.3) is 0 Å². The fraction of sp³-hybridized carbons (Fsp3) is 0.926. The van der Waals surface area contributed by atoms with Crippen LogP contribution in [0.2, 0.25) is 0 Å². The van der Waals surface area contributed by atoms with Crippen LogP contribution in [0.3, 0.4) is 0 Å². The lowest BCUT2D eigenvalue weighted by Crippen LogP contribution is -2.51. The van der Waals surface area contributed by atoms with Crippen LogP contribution in [0.15, 0.2) is 11.6 Å². The molecule has 0 aromatic carbocycles. The second-order valence-electron chi connectivity index (χ2n) is 12.4. The summed E-state index contributed by atoms with van der Waals surface area (Å²) in [5, 5.41) is 10.2. The van der Waals surface area contributed by atoms with Gasteiger partial charge in [-0.1, -0.05) is 46.3 Å². The molecule has 0 spiro atoms. The molecule has 4 aliphatic carbocycles. The molecule has 0 amide bonds. The highest BCUT2D eigenvalue weighted by Gasteiger charge is 2.59. The topological polar surface area (TPSA) is 46.2 Å². The largest absolute Gasteiger partial charge is 0.393 e. The molecular weight excluding hydrogens is 354 g/mol. The average Bonchev–Trinajstić information content (AvgIpc) is 3.03. The molecule has 0 aliphatic heterocycles.